The van der Waals surface area contributed by atoms with Gasteiger partial charge in [0, 0.05) is 11.8 Å². The Morgan fingerprint density at radius 3 is 2.86 bits per heavy atom. The van der Waals surface area contributed by atoms with Crippen LogP contribution < -0.4 is 5.32 Å². The number of fused-ring (bicyclic) bond motifs is 1. The molecule has 0 fully saturated rings. The van der Waals surface area contributed by atoms with E-state index in [1.807, 2.05) is 60.8 Å². The molecule has 2 aromatic heterocycles. The van der Waals surface area contributed by atoms with Crippen molar-refractivity contribution >= 4 is 11.6 Å². The van der Waals surface area contributed by atoms with Gasteiger partial charge in [0.25, 0.3) is 5.91 Å². The molecule has 1 N–H and O–H groups in total. The molecule has 3 aromatic rings. The summed E-state index contributed by atoms with van der Waals surface area (Å²) in [5, 5.41) is 11.1. The third kappa shape index (κ3) is 2.50. The molecule has 1 amide bonds. The predicted octanol–water partition coefficient (Wildman–Crippen LogP) is 2.28. The Labute approximate surface area is 122 Å². The minimum absolute atomic E-state index is 0.0936. The molecule has 0 saturated carbocycles. The highest BCUT2D eigenvalue weighted by Crippen LogP contribution is 2.12. The minimum Gasteiger partial charge on any atom is -0.345 e. The molecule has 0 spiro atoms. The van der Waals surface area contributed by atoms with Crippen LogP contribution in [0.1, 0.15) is 27.3 Å². The summed E-state index contributed by atoms with van der Waals surface area (Å²) in [6.45, 7) is 4.30. The van der Waals surface area contributed by atoms with Crippen molar-refractivity contribution in [1.82, 2.24) is 19.9 Å². The molecule has 21 heavy (non-hydrogen) atoms. The average Bonchev–Trinajstić information content (AvgIpc) is 2.91. The normalized spacial score (nSPS) is 10.8. The molecule has 3 rings (SSSR count). The van der Waals surface area contributed by atoms with E-state index < -0.39 is 0 Å². The Balaban J connectivity index is 1.78. The Morgan fingerprint density at radius 2 is 2.00 bits per heavy atom. The molecular weight excluding hydrogens is 264 g/mol. The van der Waals surface area contributed by atoms with E-state index in [2.05, 4.69) is 15.5 Å². The molecule has 5 heteroatoms. The fraction of sp³-hybridized carbons (Fsp3) is 0.188. The van der Waals surface area contributed by atoms with Gasteiger partial charge in [0.15, 0.2) is 11.5 Å². The number of nitrogens with one attached hydrogen (secondary N) is 1. The van der Waals surface area contributed by atoms with E-state index in [1.165, 1.54) is 0 Å². The summed E-state index contributed by atoms with van der Waals surface area (Å²) in [5.41, 5.74) is 3.58. The molecule has 106 valence electrons. The van der Waals surface area contributed by atoms with Crippen LogP contribution in [0, 0.1) is 13.8 Å². The van der Waals surface area contributed by atoms with Gasteiger partial charge < -0.3 is 5.32 Å². The molecule has 0 aliphatic carbocycles. The van der Waals surface area contributed by atoms with Gasteiger partial charge in [-0.1, -0.05) is 18.2 Å². The zero-order chi connectivity index (χ0) is 14.8. The summed E-state index contributed by atoms with van der Waals surface area (Å²) in [6, 6.07) is 11.4. The first kappa shape index (κ1) is 13.3. The lowest BCUT2D eigenvalue weighted by Crippen LogP contribution is -2.24. The lowest BCUT2D eigenvalue weighted by molar-refractivity contribution is 0.0949. The first-order chi connectivity index (χ1) is 10.2. The Morgan fingerprint density at radius 1 is 1.14 bits per heavy atom. The standard InChI is InChI=1S/C16H16N4O/c1-11-6-5-7-13(12(11)2)16(21)17-10-15-19-18-14-8-3-4-9-20(14)15/h3-9H,10H2,1-2H3,(H,17,21). The van der Waals surface area contributed by atoms with E-state index in [-0.39, 0.29) is 5.91 Å². The van der Waals surface area contributed by atoms with E-state index in [4.69, 9.17) is 0 Å². The van der Waals surface area contributed by atoms with E-state index in [0.29, 0.717) is 17.9 Å². The fourth-order valence-electron chi connectivity index (χ4n) is 2.26. The van der Waals surface area contributed by atoms with Crippen molar-refractivity contribution in [2.45, 2.75) is 20.4 Å². The van der Waals surface area contributed by atoms with Gasteiger partial charge in [-0.3, -0.25) is 9.20 Å². The molecule has 0 aliphatic rings. The molecule has 2 heterocycles. The molecule has 5 nitrogen and oxygen atoms in total. The maximum Gasteiger partial charge on any atom is 0.251 e. The van der Waals surface area contributed by atoms with E-state index in [1.54, 1.807) is 0 Å². The van der Waals surface area contributed by atoms with E-state index in [0.717, 1.165) is 16.8 Å². The Hall–Kier alpha value is -2.69. The van der Waals surface area contributed by atoms with Gasteiger partial charge in [0.1, 0.15) is 0 Å². The highest BCUT2D eigenvalue weighted by atomic mass is 16.1. The number of carbonyl (C=O) groups excluding carboxylic acids is 1. The molecule has 0 unspecified atom stereocenters. The van der Waals surface area contributed by atoms with Crippen LogP contribution in [0.15, 0.2) is 42.6 Å². The third-order valence-electron chi connectivity index (χ3n) is 3.64. The van der Waals surface area contributed by atoms with Crippen molar-refractivity contribution in [3.05, 3.63) is 65.1 Å². The third-order valence-corrected chi connectivity index (χ3v) is 3.64. The summed E-state index contributed by atoms with van der Waals surface area (Å²) >= 11 is 0. The number of hydrogen-bond donors (Lipinski definition) is 1. The predicted molar refractivity (Wildman–Crippen MR) is 80.1 cm³/mol. The van der Waals surface area contributed by atoms with Crippen molar-refractivity contribution in [2.75, 3.05) is 0 Å². The van der Waals surface area contributed by atoms with Crippen LogP contribution in [0.2, 0.25) is 0 Å². The number of rotatable bonds is 3. The maximum absolute atomic E-state index is 12.3. The molecule has 1 aromatic carbocycles. The summed E-state index contributed by atoms with van der Waals surface area (Å²) in [4.78, 5) is 12.3. The lowest BCUT2D eigenvalue weighted by atomic mass is 10.0. The summed E-state index contributed by atoms with van der Waals surface area (Å²) in [7, 11) is 0. The topological polar surface area (TPSA) is 59.3 Å². The summed E-state index contributed by atoms with van der Waals surface area (Å²) in [5.74, 6) is 0.619. The van der Waals surface area contributed by atoms with Crippen LogP contribution in [-0.4, -0.2) is 20.5 Å². The maximum atomic E-state index is 12.3. The van der Waals surface area contributed by atoms with Gasteiger partial charge >= 0.3 is 0 Å². The second-order valence-electron chi connectivity index (χ2n) is 4.98. The van der Waals surface area contributed by atoms with Crippen molar-refractivity contribution < 1.29 is 4.79 Å². The Kier molecular flexibility index (Phi) is 3.39. The van der Waals surface area contributed by atoms with Crippen LogP contribution in [0.3, 0.4) is 0 Å². The number of benzene rings is 1. The zero-order valence-electron chi connectivity index (χ0n) is 12.0. The Bertz CT molecular complexity index is 807. The number of nitrogens with zero attached hydrogens (tertiary/aromatic N) is 3. The van der Waals surface area contributed by atoms with Gasteiger partial charge in [-0.2, -0.15) is 0 Å². The largest absolute Gasteiger partial charge is 0.345 e. The molecule has 0 aliphatic heterocycles. The number of pyridine rings is 1. The minimum atomic E-state index is -0.0936. The van der Waals surface area contributed by atoms with Gasteiger partial charge in [-0.15, -0.1) is 10.2 Å². The quantitative estimate of drug-likeness (QED) is 0.800. The van der Waals surface area contributed by atoms with Gasteiger partial charge in [0.05, 0.1) is 6.54 Å². The average molecular weight is 280 g/mol. The first-order valence-electron chi connectivity index (χ1n) is 6.80. The highest BCUT2D eigenvalue weighted by Gasteiger charge is 2.11. The van der Waals surface area contributed by atoms with E-state index in [9.17, 15) is 4.79 Å². The fourth-order valence-corrected chi connectivity index (χ4v) is 2.26. The van der Waals surface area contributed by atoms with Crippen molar-refractivity contribution in [3.8, 4) is 0 Å². The van der Waals surface area contributed by atoms with E-state index >= 15 is 0 Å². The summed E-state index contributed by atoms with van der Waals surface area (Å²) in [6.07, 6.45) is 1.88. The molecular formula is C16H16N4O. The number of aryl methyl sites for hydroxylation is 1. The number of aromatic nitrogens is 3. The first-order valence-corrected chi connectivity index (χ1v) is 6.80. The van der Waals surface area contributed by atoms with Crippen LogP contribution in [-0.2, 0) is 6.54 Å². The zero-order valence-corrected chi connectivity index (χ0v) is 12.0. The molecule has 0 atom stereocenters. The number of hydrogen-bond acceptors (Lipinski definition) is 3. The van der Waals surface area contributed by atoms with Crippen LogP contribution in [0.25, 0.3) is 5.65 Å². The lowest BCUT2D eigenvalue weighted by Gasteiger charge is -2.08. The van der Waals surface area contributed by atoms with Gasteiger partial charge in [-0.05, 0) is 43.2 Å². The molecule has 0 radical (unpaired) electrons. The van der Waals surface area contributed by atoms with Crippen molar-refractivity contribution in [3.63, 3.8) is 0 Å². The van der Waals surface area contributed by atoms with Crippen LogP contribution >= 0.6 is 0 Å². The van der Waals surface area contributed by atoms with Crippen LogP contribution in [0.4, 0.5) is 0 Å². The van der Waals surface area contributed by atoms with Crippen molar-refractivity contribution in [2.24, 2.45) is 0 Å². The summed E-state index contributed by atoms with van der Waals surface area (Å²) < 4.78 is 1.86. The molecule has 0 bridgehead atoms. The van der Waals surface area contributed by atoms with Gasteiger partial charge in [0.2, 0.25) is 0 Å². The molecule has 0 saturated heterocycles. The van der Waals surface area contributed by atoms with Crippen LogP contribution in [0.5, 0.6) is 0 Å². The second kappa shape index (κ2) is 5.36. The van der Waals surface area contributed by atoms with Gasteiger partial charge in [-0.25, -0.2) is 0 Å². The SMILES string of the molecule is Cc1cccc(C(=O)NCc2nnc3ccccn23)c1C. The van der Waals surface area contributed by atoms with Crippen molar-refractivity contribution in [1.29, 1.82) is 0 Å². The smallest absolute Gasteiger partial charge is 0.251 e. The number of carbonyl (C=O) groups is 1. The highest BCUT2D eigenvalue weighted by molar-refractivity contribution is 5.95. The monoisotopic (exact) mass is 280 g/mol. The second-order valence-corrected chi connectivity index (χ2v) is 4.98. The number of amides is 1.